The summed E-state index contributed by atoms with van der Waals surface area (Å²) < 4.78 is 7.80. The first-order valence-electron chi connectivity index (χ1n) is 7.88. The summed E-state index contributed by atoms with van der Waals surface area (Å²) in [5.74, 6) is 1.05. The zero-order valence-electron chi connectivity index (χ0n) is 14.0. The fraction of sp³-hybridized carbons (Fsp3) is 0.500. The molecule has 0 radical (unpaired) electrons. The maximum absolute atomic E-state index is 5.94. The Hall–Kier alpha value is -1.81. The van der Waals surface area contributed by atoms with E-state index in [1.807, 2.05) is 17.9 Å². The lowest BCUT2D eigenvalue weighted by Gasteiger charge is -2.17. The molecule has 2 heterocycles. The van der Waals surface area contributed by atoms with E-state index >= 15 is 0 Å². The molecule has 1 aromatic carbocycles. The van der Waals surface area contributed by atoms with Gasteiger partial charge in [0.1, 0.15) is 11.4 Å². The number of nitrogens with zero attached hydrogens (tertiary/aromatic N) is 3. The number of rotatable bonds is 5. The molecule has 0 N–H and O–H groups in total. The van der Waals surface area contributed by atoms with E-state index in [4.69, 9.17) is 4.74 Å². The standard InChI is InChI=1S/C18H25N3O/c1-18(2)10-16-9-14(5-6-17(16)22-18)12-20(3)8-7-15-11-19-21(4)13-15/h5-6,9,11,13H,7-8,10,12H2,1-4H3. The number of aryl methyl sites for hydroxylation is 1. The molecule has 0 spiro atoms. The molecule has 0 aliphatic carbocycles. The first-order valence-corrected chi connectivity index (χ1v) is 7.88. The highest BCUT2D eigenvalue weighted by Crippen LogP contribution is 2.35. The summed E-state index contributed by atoms with van der Waals surface area (Å²) in [6.45, 7) is 6.29. The molecular formula is C18H25N3O. The summed E-state index contributed by atoms with van der Waals surface area (Å²) in [7, 11) is 4.13. The van der Waals surface area contributed by atoms with Crippen LogP contribution in [-0.2, 0) is 26.4 Å². The van der Waals surface area contributed by atoms with Crippen LogP contribution < -0.4 is 4.74 Å². The smallest absolute Gasteiger partial charge is 0.123 e. The molecule has 0 atom stereocenters. The van der Waals surface area contributed by atoms with Crippen molar-refractivity contribution in [3.63, 3.8) is 0 Å². The second kappa shape index (κ2) is 5.76. The van der Waals surface area contributed by atoms with Crippen LogP contribution in [0, 0.1) is 0 Å². The van der Waals surface area contributed by atoms with E-state index in [1.54, 1.807) is 0 Å². The Morgan fingerprint density at radius 1 is 1.32 bits per heavy atom. The largest absolute Gasteiger partial charge is 0.487 e. The van der Waals surface area contributed by atoms with Crippen molar-refractivity contribution in [2.75, 3.05) is 13.6 Å². The number of likely N-dealkylation sites (N-methyl/N-ethyl adjacent to an activating group) is 1. The van der Waals surface area contributed by atoms with Crippen molar-refractivity contribution >= 4 is 0 Å². The first-order chi connectivity index (χ1) is 10.4. The third-order valence-corrected chi connectivity index (χ3v) is 4.12. The normalized spacial score (nSPS) is 15.9. The van der Waals surface area contributed by atoms with E-state index in [9.17, 15) is 0 Å². The lowest BCUT2D eigenvalue weighted by molar-refractivity contribution is 0.138. The summed E-state index contributed by atoms with van der Waals surface area (Å²) in [5, 5.41) is 4.22. The maximum Gasteiger partial charge on any atom is 0.123 e. The fourth-order valence-corrected chi connectivity index (χ4v) is 3.07. The predicted octanol–water partition coefficient (Wildman–Crippen LogP) is 2.81. The predicted molar refractivity (Wildman–Crippen MR) is 88.1 cm³/mol. The molecule has 1 aliphatic heterocycles. The van der Waals surface area contributed by atoms with Gasteiger partial charge in [-0.05, 0) is 50.1 Å². The Morgan fingerprint density at radius 3 is 2.86 bits per heavy atom. The highest BCUT2D eigenvalue weighted by molar-refractivity contribution is 5.41. The van der Waals surface area contributed by atoms with Gasteiger partial charge in [-0.2, -0.15) is 5.10 Å². The van der Waals surface area contributed by atoms with Crippen molar-refractivity contribution in [1.82, 2.24) is 14.7 Å². The quantitative estimate of drug-likeness (QED) is 0.850. The summed E-state index contributed by atoms with van der Waals surface area (Å²) >= 11 is 0. The van der Waals surface area contributed by atoms with Gasteiger partial charge in [0.2, 0.25) is 0 Å². The third-order valence-electron chi connectivity index (χ3n) is 4.12. The van der Waals surface area contributed by atoms with Gasteiger partial charge in [-0.1, -0.05) is 12.1 Å². The van der Waals surface area contributed by atoms with Gasteiger partial charge in [0.15, 0.2) is 0 Å². The second-order valence-electron chi connectivity index (χ2n) is 6.99. The zero-order chi connectivity index (χ0) is 15.7. The minimum atomic E-state index is -0.0623. The Bertz CT molecular complexity index is 660. The molecule has 0 fully saturated rings. The van der Waals surface area contributed by atoms with Crippen molar-refractivity contribution < 1.29 is 4.74 Å². The highest BCUT2D eigenvalue weighted by Gasteiger charge is 2.29. The molecule has 0 bridgehead atoms. The Morgan fingerprint density at radius 2 is 2.14 bits per heavy atom. The number of fused-ring (bicyclic) bond motifs is 1. The SMILES string of the molecule is CN(CCc1cnn(C)c1)Cc1ccc2c(c1)CC(C)(C)O2. The van der Waals surface area contributed by atoms with Crippen LogP contribution >= 0.6 is 0 Å². The first kappa shape index (κ1) is 15.1. The number of hydrogen-bond donors (Lipinski definition) is 0. The van der Waals surface area contributed by atoms with Crippen LogP contribution in [-0.4, -0.2) is 33.9 Å². The molecular weight excluding hydrogens is 274 g/mol. The van der Waals surface area contributed by atoms with Crippen LogP contribution in [0.2, 0.25) is 0 Å². The van der Waals surface area contributed by atoms with Gasteiger partial charge < -0.3 is 9.64 Å². The van der Waals surface area contributed by atoms with Crippen LogP contribution in [0.5, 0.6) is 5.75 Å². The fourth-order valence-electron chi connectivity index (χ4n) is 3.07. The highest BCUT2D eigenvalue weighted by atomic mass is 16.5. The molecule has 4 nitrogen and oxygen atoms in total. The molecule has 2 aromatic rings. The van der Waals surface area contributed by atoms with E-state index in [0.717, 1.165) is 31.7 Å². The van der Waals surface area contributed by atoms with Crippen molar-refractivity contribution in [2.45, 2.75) is 38.8 Å². The Kier molecular flexibility index (Phi) is 3.96. The minimum absolute atomic E-state index is 0.0623. The molecule has 0 saturated heterocycles. The lowest BCUT2D eigenvalue weighted by Crippen LogP contribution is -2.24. The molecule has 0 saturated carbocycles. The third kappa shape index (κ3) is 3.50. The van der Waals surface area contributed by atoms with Gasteiger partial charge in [0.05, 0.1) is 6.20 Å². The average molecular weight is 299 g/mol. The van der Waals surface area contributed by atoms with Crippen LogP contribution in [0.3, 0.4) is 0 Å². The van der Waals surface area contributed by atoms with Gasteiger partial charge in [-0.25, -0.2) is 0 Å². The topological polar surface area (TPSA) is 30.3 Å². The van der Waals surface area contributed by atoms with Gasteiger partial charge in [0.25, 0.3) is 0 Å². The maximum atomic E-state index is 5.94. The van der Waals surface area contributed by atoms with Crippen LogP contribution in [0.15, 0.2) is 30.6 Å². The van der Waals surface area contributed by atoms with E-state index in [1.165, 1.54) is 16.7 Å². The Balaban J connectivity index is 1.57. The number of aromatic nitrogens is 2. The monoisotopic (exact) mass is 299 g/mol. The summed E-state index contributed by atoms with van der Waals surface area (Å²) in [6.07, 6.45) is 6.06. The molecule has 3 rings (SSSR count). The molecule has 22 heavy (non-hydrogen) atoms. The van der Waals surface area contributed by atoms with E-state index in [0.29, 0.717) is 0 Å². The van der Waals surface area contributed by atoms with Crippen molar-refractivity contribution in [1.29, 1.82) is 0 Å². The molecule has 0 unspecified atom stereocenters. The number of ether oxygens (including phenoxy) is 1. The zero-order valence-corrected chi connectivity index (χ0v) is 14.0. The van der Waals surface area contributed by atoms with E-state index < -0.39 is 0 Å². The van der Waals surface area contributed by atoms with E-state index in [-0.39, 0.29) is 5.60 Å². The lowest BCUT2D eigenvalue weighted by atomic mass is 10.00. The van der Waals surface area contributed by atoms with Gasteiger partial charge in [-0.15, -0.1) is 0 Å². The molecule has 118 valence electrons. The van der Waals surface area contributed by atoms with Crippen molar-refractivity contribution in [3.8, 4) is 5.75 Å². The second-order valence-corrected chi connectivity index (χ2v) is 6.99. The minimum Gasteiger partial charge on any atom is -0.487 e. The summed E-state index contributed by atoms with van der Waals surface area (Å²) in [4.78, 5) is 2.36. The average Bonchev–Trinajstić information content (AvgIpc) is 2.97. The molecule has 1 aromatic heterocycles. The molecule has 0 amide bonds. The van der Waals surface area contributed by atoms with Gasteiger partial charge >= 0.3 is 0 Å². The number of hydrogen-bond acceptors (Lipinski definition) is 3. The van der Waals surface area contributed by atoms with Gasteiger partial charge in [-0.3, -0.25) is 4.68 Å². The summed E-state index contributed by atoms with van der Waals surface area (Å²) in [5.41, 5.74) is 3.92. The van der Waals surface area contributed by atoms with Crippen molar-refractivity contribution in [2.24, 2.45) is 7.05 Å². The van der Waals surface area contributed by atoms with E-state index in [2.05, 4.69) is 55.3 Å². The number of benzene rings is 1. The van der Waals surface area contributed by atoms with Crippen LogP contribution in [0.1, 0.15) is 30.5 Å². The van der Waals surface area contributed by atoms with Crippen LogP contribution in [0.4, 0.5) is 0 Å². The van der Waals surface area contributed by atoms with Crippen molar-refractivity contribution in [3.05, 3.63) is 47.3 Å². The van der Waals surface area contributed by atoms with Crippen LogP contribution in [0.25, 0.3) is 0 Å². The molecule has 1 aliphatic rings. The molecule has 4 heteroatoms. The van der Waals surface area contributed by atoms with Gasteiger partial charge in [0, 0.05) is 32.8 Å². The Labute approximate surface area is 132 Å². The summed E-state index contributed by atoms with van der Waals surface area (Å²) in [6, 6.07) is 6.60.